The first-order valence-electron chi connectivity index (χ1n) is 6.00. The Kier molecular flexibility index (Phi) is 3.99. The first kappa shape index (κ1) is 12.6. The van der Waals surface area contributed by atoms with E-state index in [2.05, 4.69) is 9.97 Å². The number of pyridine rings is 1. The molecule has 98 valence electrons. The summed E-state index contributed by atoms with van der Waals surface area (Å²) in [4.78, 5) is 8.64. The van der Waals surface area contributed by atoms with Crippen LogP contribution in [0.5, 0.6) is 5.88 Å². The van der Waals surface area contributed by atoms with Crippen molar-refractivity contribution in [2.75, 3.05) is 26.1 Å². The van der Waals surface area contributed by atoms with Gasteiger partial charge in [-0.15, -0.1) is 0 Å². The first-order chi connectivity index (χ1) is 8.76. The van der Waals surface area contributed by atoms with Gasteiger partial charge >= 0.3 is 0 Å². The normalized spacial score (nSPS) is 11.0. The van der Waals surface area contributed by atoms with Crippen molar-refractivity contribution >= 4 is 17.1 Å². The molecule has 0 saturated carbocycles. The molecule has 6 nitrogen and oxygen atoms in total. The van der Waals surface area contributed by atoms with E-state index < -0.39 is 0 Å². The van der Waals surface area contributed by atoms with Gasteiger partial charge in [0.1, 0.15) is 5.52 Å². The SMILES string of the molecule is CCOCCCn1c(N)nc2ccc(OC)nc21. The molecular formula is C12H18N4O2. The second kappa shape index (κ2) is 5.68. The average Bonchev–Trinajstić information content (AvgIpc) is 2.70. The minimum absolute atomic E-state index is 0.474. The number of rotatable bonds is 6. The predicted octanol–water partition coefficient (Wildman–Crippen LogP) is 1.45. The Balaban J connectivity index is 2.22. The lowest BCUT2D eigenvalue weighted by atomic mass is 10.4. The number of anilines is 1. The number of nitrogens with two attached hydrogens (primary N) is 1. The zero-order chi connectivity index (χ0) is 13.0. The minimum atomic E-state index is 0.474. The maximum atomic E-state index is 5.89. The fourth-order valence-corrected chi connectivity index (χ4v) is 1.81. The number of hydrogen-bond donors (Lipinski definition) is 1. The summed E-state index contributed by atoms with van der Waals surface area (Å²) >= 11 is 0. The number of nitrogens with zero attached hydrogens (tertiary/aromatic N) is 3. The zero-order valence-corrected chi connectivity index (χ0v) is 10.7. The molecule has 2 rings (SSSR count). The third kappa shape index (κ3) is 2.53. The summed E-state index contributed by atoms with van der Waals surface area (Å²) in [6.45, 7) is 4.15. The van der Waals surface area contributed by atoms with E-state index in [1.807, 2.05) is 17.6 Å². The van der Waals surface area contributed by atoms with E-state index in [9.17, 15) is 0 Å². The van der Waals surface area contributed by atoms with Crippen molar-refractivity contribution < 1.29 is 9.47 Å². The molecule has 2 aromatic heterocycles. The van der Waals surface area contributed by atoms with Gasteiger partial charge in [-0.2, -0.15) is 4.98 Å². The average molecular weight is 250 g/mol. The minimum Gasteiger partial charge on any atom is -0.481 e. The third-order valence-electron chi connectivity index (χ3n) is 2.68. The molecule has 0 aliphatic heterocycles. The van der Waals surface area contributed by atoms with Crippen LogP contribution in [-0.2, 0) is 11.3 Å². The molecule has 0 unspecified atom stereocenters. The van der Waals surface area contributed by atoms with Crippen LogP contribution in [0.2, 0.25) is 0 Å². The smallest absolute Gasteiger partial charge is 0.215 e. The third-order valence-corrected chi connectivity index (χ3v) is 2.68. The second-order valence-electron chi connectivity index (χ2n) is 3.87. The molecule has 18 heavy (non-hydrogen) atoms. The summed E-state index contributed by atoms with van der Waals surface area (Å²) in [7, 11) is 1.59. The van der Waals surface area contributed by atoms with Gasteiger partial charge in [0, 0.05) is 25.8 Å². The Morgan fingerprint density at radius 3 is 2.89 bits per heavy atom. The number of ether oxygens (including phenoxy) is 2. The van der Waals surface area contributed by atoms with E-state index in [1.54, 1.807) is 13.2 Å². The molecule has 6 heteroatoms. The largest absolute Gasteiger partial charge is 0.481 e. The summed E-state index contributed by atoms with van der Waals surface area (Å²) in [5.41, 5.74) is 7.43. The lowest BCUT2D eigenvalue weighted by molar-refractivity contribution is 0.142. The highest BCUT2D eigenvalue weighted by Gasteiger charge is 2.10. The molecule has 2 aromatic rings. The molecule has 0 saturated heterocycles. The number of fused-ring (bicyclic) bond motifs is 1. The monoisotopic (exact) mass is 250 g/mol. The number of aromatic nitrogens is 3. The standard InChI is InChI=1S/C12H18N4O2/c1-3-18-8-4-7-16-11-9(14-12(16)13)5-6-10(15-11)17-2/h5-6H,3-4,7-8H2,1-2H3,(H2,13,14). The van der Waals surface area contributed by atoms with Gasteiger partial charge in [-0.1, -0.05) is 0 Å². The predicted molar refractivity (Wildman–Crippen MR) is 69.6 cm³/mol. The topological polar surface area (TPSA) is 75.2 Å². The van der Waals surface area contributed by atoms with Gasteiger partial charge < -0.3 is 15.2 Å². The molecule has 0 atom stereocenters. The van der Waals surface area contributed by atoms with E-state index >= 15 is 0 Å². The van der Waals surface area contributed by atoms with Crippen molar-refractivity contribution in [2.24, 2.45) is 0 Å². The summed E-state index contributed by atoms with van der Waals surface area (Å²) in [5.74, 6) is 1.04. The summed E-state index contributed by atoms with van der Waals surface area (Å²) in [6, 6.07) is 3.63. The summed E-state index contributed by atoms with van der Waals surface area (Å²) in [5, 5.41) is 0. The summed E-state index contributed by atoms with van der Waals surface area (Å²) < 4.78 is 12.3. The first-order valence-corrected chi connectivity index (χ1v) is 6.00. The van der Waals surface area contributed by atoms with E-state index in [0.29, 0.717) is 18.4 Å². The van der Waals surface area contributed by atoms with Gasteiger partial charge in [0.25, 0.3) is 0 Å². The molecule has 0 aliphatic carbocycles. The molecule has 0 aromatic carbocycles. The Labute approximate surface area is 106 Å². The highest BCUT2D eigenvalue weighted by molar-refractivity contribution is 5.74. The molecule has 0 fully saturated rings. The van der Waals surface area contributed by atoms with Crippen LogP contribution in [0.3, 0.4) is 0 Å². The van der Waals surface area contributed by atoms with E-state index in [1.165, 1.54) is 0 Å². The van der Waals surface area contributed by atoms with Crippen LogP contribution in [0, 0.1) is 0 Å². The Morgan fingerprint density at radius 2 is 2.17 bits per heavy atom. The molecule has 0 radical (unpaired) electrons. The molecule has 2 heterocycles. The number of methoxy groups -OCH3 is 1. The van der Waals surface area contributed by atoms with E-state index in [-0.39, 0.29) is 0 Å². The van der Waals surface area contributed by atoms with Crippen molar-refractivity contribution in [3.8, 4) is 5.88 Å². The number of imidazole rings is 1. The summed E-state index contributed by atoms with van der Waals surface area (Å²) in [6.07, 6.45) is 0.877. The van der Waals surface area contributed by atoms with Gasteiger partial charge in [-0.05, 0) is 19.4 Å². The van der Waals surface area contributed by atoms with Gasteiger partial charge in [0.2, 0.25) is 11.8 Å². The van der Waals surface area contributed by atoms with Crippen molar-refractivity contribution in [2.45, 2.75) is 19.9 Å². The van der Waals surface area contributed by atoms with Gasteiger partial charge in [0.05, 0.1) is 7.11 Å². The highest BCUT2D eigenvalue weighted by atomic mass is 16.5. The van der Waals surface area contributed by atoms with Crippen molar-refractivity contribution in [1.29, 1.82) is 0 Å². The number of hydrogen-bond acceptors (Lipinski definition) is 5. The Bertz CT molecular complexity index is 524. The van der Waals surface area contributed by atoms with Crippen LogP contribution < -0.4 is 10.5 Å². The fraction of sp³-hybridized carbons (Fsp3) is 0.500. The van der Waals surface area contributed by atoms with E-state index in [0.717, 1.165) is 30.7 Å². The molecule has 2 N–H and O–H groups in total. The van der Waals surface area contributed by atoms with E-state index in [4.69, 9.17) is 15.2 Å². The van der Waals surface area contributed by atoms with Crippen LogP contribution in [0.25, 0.3) is 11.2 Å². The van der Waals surface area contributed by atoms with Gasteiger partial charge in [-0.3, -0.25) is 4.57 Å². The molecular weight excluding hydrogens is 232 g/mol. The number of nitrogen functional groups attached to an aromatic ring is 1. The van der Waals surface area contributed by atoms with Gasteiger partial charge in [0.15, 0.2) is 5.65 Å². The Morgan fingerprint density at radius 1 is 1.33 bits per heavy atom. The van der Waals surface area contributed by atoms with Crippen molar-refractivity contribution in [3.63, 3.8) is 0 Å². The lowest BCUT2D eigenvalue weighted by Gasteiger charge is -2.06. The van der Waals surface area contributed by atoms with Crippen molar-refractivity contribution in [3.05, 3.63) is 12.1 Å². The Hall–Kier alpha value is -1.82. The zero-order valence-electron chi connectivity index (χ0n) is 10.7. The fourth-order valence-electron chi connectivity index (χ4n) is 1.81. The molecule has 0 amide bonds. The van der Waals surface area contributed by atoms with Crippen LogP contribution in [0.15, 0.2) is 12.1 Å². The highest BCUT2D eigenvalue weighted by Crippen LogP contribution is 2.19. The maximum Gasteiger partial charge on any atom is 0.215 e. The quantitative estimate of drug-likeness (QED) is 0.785. The second-order valence-corrected chi connectivity index (χ2v) is 3.87. The lowest BCUT2D eigenvalue weighted by Crippen LogP contribution is -2.07. The van der Waals surface area contributed by atoms with Crippen LogP contribution in [0.1, 0.15) is 13.3 Å². The number of aryl methyl sites for hydroxylation is 1. The maximum absolute atomic E-state index is 5.89. The molecule has 0 aliphatic rings. The van der Waals surface area contributed by atoms with Crippen LogP contribution in [0.4, 0.5) is 5.95 Å². The molecule has 0 spiro atoms. The van der Waals surface area contributed by atoms with Crippen molar-refractivity contribution in [1.82, 2.24) is 14.5 Å². The van der Waals surface area contributed by atoms with Crippen LogP contribution in [-0.4, -0.2) is 34.9 Å². The molecule has 0 bridgehead atoms. The van der Waals surface area contributed by atoms with Gasteiger partial charge in [-0.25, -0.2) is 4.98 Å². The van der Waals surface area contributed by atoms with Crippen LogP contribution >= 0.6 is 0 Å².